The lowest BCUT2D eigenvalue weighted by molar-refractivity contribution is 0.183. The van der Waals surface area contributed by atoms with E-state index in [-0.39, 0.29) is 5.56 Å². The maximum atomic E-state index is 13.4. The lowest BCUT2D eigenvalue weighted by Gasteiger charge is -2.29. The first-order valence-electron chi connectivity index (χ1n) is 7.70. The van der Waals surface area contributed by atoms with E-state index in [0.717, 1.165) is 24.6 Å². The molecule has 1 unspecified atom stereocenters. The standard InChI is InChI=1S/C17H21FN2/c18-16-8-7-13(10-15(16)11-19)12-20-9-3-6-17(20)14-4-1-2-5-14/h7-8,10,14,17H,1-6,9,12H2. The average Bonchev–Trinajstić information content (AvgIpc) is 3.11. The summed E-state index contributed by atoms with van der Waals surface area (Å²) in [5, 5.41) is 8.92. The zero-order valence-corrected chi connectivity index (χ0v) is 11.8. The second-order valence-corrected chi connectivity index (χ2v) is 6.15. The molecule has 2 nitrogen and oxygen atoms in total. The number of rotatable bonds is 3. The highest BCUT2D eigenvalue weighted by Crippen LogP contribution is 2.36. The number of likely N-dealkylation sites (tertiary alicyclic amines) is 1. The molecular formula is C17H21FN2. The predicted molar refractivity (Wildman–Crippen MR) is 76.5 cm³/mol. The third-order valence-corrected chi connectivity index (χ3v) is 4.90. The van der Waals surface area contributed by atoms with Crippen LogP contribution in [-0.4, -0.2) is 17.5 Å². The fourth-order valence-corrected chi connectivity index (χ4v) is 3.92. The molecule has 0 bridgehead atoms. The molecule has 20 heavy (non-hydrogen) atoms. The molecule has 3 rings (SSSR count). The first-order valence-corrected chi connectivity index (χ1v) is 7.70. The minimum Gasteiger partial charge on any atom is -0.296 e. The highest BCUT2D eigenvalue weighted by molar-refractivity contribution is 5.34. The van der Waals surface area contributed by atoms with Crippen LogP contribution in [0.15, 0.2) is 18.2 Å². The topological polar surface area (TPSA) is 27.0 Å². The highest BCUT2D eigenvalue weighted by atomic mass is 19.1. The van der Waals surface area contributed by atoms with Crippen LogP contribution in [0, 0.1) is 23.1 Å². The molecule has 1 atom stereocenters. The third kappa shape index (κ3) is 2.71. The van der Waals surface area contributed by atoms with Crippen LogP contribution in [0.5, 0.6) is 0 Å². The maximum absolute atomic E-state index is 13.4. The van der Waals surface area contributed by atoms with Crippen LogP contribution < -0.4 is 0 Å². The van der Waals surface area contributed by atoms with Crippen LogP contribution >= 0.6 is 0 Å². The van der Waals surface area contributed by atoms with Crippen molar-refractivity contribution in [1.82, 2.24) is 4.90 Å². The monoisotopic (exact) mass is 272 g/mol. The molecule has 0 N–H and O–H groups in total. The van der Waals surface area contributed by atoms with Gasteiger partial charge in [0.1, 0.15) is 11.9 Å². The number of nitrogens with zero attached hydrogens (tertiary/aromatic N) is 2. The van der Waals surface area contributed by atoms with Gasteiger partial charge in [-0.3, -0.25) is 4.90 Å². The molecule has 3 heteroatoms. The summed E-state index contributed by atoms with van der Waals surface area (Å²) in [5.41, 5.74) is 1.23. The summed E-state index contributed by atoms with van der Waals surface area (Å²) in [7, 11) is 0. The summed E-state index contributed by atoms with van der Waals surface area (Å²) < 4.78 is 13.4. The molecule has 1 saturated heterocycles. The normalized spacial score (nSPS) is 24.1. The van der Waals surface area contributed by atoms with Crippen molar-refractivity contribution in [1.29, 1.82) is 5.26 Å². The van der Waals surface area contributed by atoms with Gasteiger partial charge in [-0.15, -0.1) is 0 Å². The molecule has 1 aromatic carbocycles. The Balaban J connectivity index is 1.71. The third-order valence-electron chi connectivity index (χ3n) is 4.90. The molecule has 1 aliphatic carbocycles. The molecule has 1 aromatic rings. The summed E-state index contributed by atoms with van der Waals surface area (Å²) in [4.78, 5) is 2.55. The smallest absolute Gasteiger partial charge is 0.140 e. The van der Waals surface area contributed by atoms with Gasteiger partial charge in [-0.1, -0.05) is 18.9 Å². The molecule has 106 valence electrons. The molecule has 0 amide bonds. The molecule has 2 aliphatic rings. The van der Waals surface area contributed by atoms with Gasteiger partial charge in [0.25, 0.3) is 0 Å². The van der Waals surface area contributed by atoms with E-state index in [4.69, 9.17) is 5.26 Å². The van der Waals surface area contributed by atoms with Gasteiger partial charge in [0.2, 0.25) is 0 Å². The number of benzene rings is 1. The second-order valence-electron chi connectivity index (χ2n) is 6.15. The largest absolute Gasteiger partial charge is 0.296 e. The number of nitriles is 1. The Kier molecular flexibility index (Phi) is 4.03. The molecule has 1 heterocycles. The number of hydrogen-bond donors (Lipinski definition) is 0. The summed E-state index contributed by atoms with van der Waals surface area (Å²) in [6, 6.07) is 7.59. The lowest BCUT2D eigenvalue weighted by atomic mass is 9.95. The molecule has 0 spiro atoms. The van der Waals surface area contributed by atoms with Crippen molar-refractivity contribution >= 4 is 0 Å². The Hall–Kier alpha value is -1.40. The van der Waals surface area contributed by atoms with E-state index >= 15 is 0 Å². The lowest BCUT2D eigenvalue weighted by Crippen LogP contribution is -2.34. The van der Waals surface area contributed by atoms with E-state index in [1.54, 1.807) is 6.07 Å². The van der Waals surface area contributed by atoms with E-state index in [9.17, 15) is 4.39 Å². The van der Waals surface area contributed by atoms with Crippen molar-refractivity contribution in [2.75, 3.05) is 6.54 Å². The van der Waals surface area contributed by atoms with Crippen molar-refractivity contribution in [3.8, 4) is 6.07 Å². The van der Waals surface area contributed by atoms with Gasteiger partial charge in [0.15, 0.2) is 0 Å². The minimum atomic E-state index is -0.412. The van der Waals surface area contributed by atoms with E-state index in [0.29, 0.717) is 6.04 Å². The van der Waals surface area contributed by atoms with Crippen LogP contribution in [0.2, 0.25) is 0 Å². The van der Waals surface area contributed by atoms with Gasteiger partial charge in [-0.05, 0) is 55.8 Å². The molecule has 0 aromatic heterocycles. The zero-order valence-electron chi connectivity index (χ0n) is 11.8. The first-order chi connectivity index (χ1) is 9.78. The van der Waals surface area contributed by atoms with Gasteiger partial charge in [0, 0.05) is 12.6 Å². The molecular weight excluding hydrogens is 251 g/mol. The molecule has 2 fully saturated rings. The second kappa shape index (κ2) is 5.93. The Morgan fingerprint density at radius 1 is 1.20 bits per heavy atom. The van der Waals surface area contributed by atoms with Gasteiger partial charge in [-0.25, -0.2) is 4.39 Å². The SMILES string of the molecule is N#Cc1cc(CN2CCCC2C2CCCC2)ccc1F. The molecule has 1 saturated carbocycles. The Morgan fingerprint density at radius 3 is 2.75 bits per heavy atom. The van der Waals surface area contributed by atoms with E-state index in [1.807, 2.05) is 12.1 Å². The fourth-order valence-electron chi connectivity index (χ4n) is 3.92. The van der Waals surface area contributed by atoms with Crippen molar-refractivity contribution in [2.24, 2.45) is 5.92 Å². The number of halogens is 1. The summed E-state index contributed by atoms with van der Waals surface area (Å²) in [5.74, 6) is 0.443. The Morgan fingerprint density at radius 2 is 2.00 bits per heavy atom. The molecule has 1 aliphatic heterocycles. The van der Waals surface area contributed by atoms with Crippen molar-refractivity contribution in [2.45, 2.75) is 51.1 Å². The zero-order chi connectivity index (χ0) is 13.9. The Labute approximate surface area is 120 Å². The van der Waals surface area contributed by atoms with E-state index < -0.39 is 5.82 Å². The van der Waals surface area contributed by atoms with Gasteiger partial charge < -0.3 is 0 Å². The average molecular weight is 272 g/mol. The van der Waals surface area contributed by atoms with E-state index in [1.165, 1.54) is 44.6 Å². The minimum absolute atomic E-state index is 0.166. The highest BCUT2D eigenvalue weighted by Gasteiger charge is 2.33. The van der Waals surface area contributed by atoms with Gasteiger partial charge in [0.05, 0.1) is 5.56 Å². The fraction of sp³-hybridized carbons (Fsp3) is 0.588. The van der Waals surface area contributed by atoms with Crippen LogP contribution in [0.25, 0.3) is 0 Å². The van der Waals surface area contributed by atoms with Crippen molar-refractivity contribution < 1.29 is 4.39 Å². The van der Waals surface area contributed by atoms with Crippen molar-refractivity contribution in [3.05, 3.63) is 35.1 Å². The maximum Gasteiger partial charge on any atom is 0.140 e. The van der Waals surface area contributed by atoms with Gasteiger partial charge >= 0.3 is 0 Å². The first kappa shape index (κ1) is 13.6. The quantitative estimate of drug-likeness (QED) is 0.835. The summed E-state index contributed by atoms with van der Waals surface area (Å²) in [6.45, 7) is 2.00. The van der Waals surface area contributed by atoms with E-state index in [2.05, 4.69) is 4.90 Å². The van der Waals surface area contributed by atoms with Crippen LogP contribution in [0.1, 0.15) is 49.7 Å². The Bertz CT molecular complexity index is 514. The summed E-state index contributed by atoms with van der Waals surface area (Å²) in [6.07, 6.45) is 8.07. The predicted octanol–water partition coefficient (Wildman–Crippen LogP) is 3.85. The van der Waals surface area contributed by atoms with Crippen LogP contribution in [-0.2, 0) is 6.54 Å². The molecule has 0 radical (unpaired) electrons. The van der Waals surface area contributed by atoms with Crippen molar-refractivity contribution in [3.63, 3.8) is 0 Å². The number of hydrogen-bond acceptors (Lipinski definition) is 2. The van der Waals surface area contributed by atoms with Crippen LogP contribution in [0.3, 0.4) is 0 Å². The van der Waals surface area contributed by atoms with Crippen LogP contribution in [0.4, 0.5) is 4.39 Å². The summed E-state index contributed by atoms with van der Waals surface area (Å²) >= 11 is 0. The van der Waals surface area contributed by atoms with Gasteiger partial charge in [-0.2, -0.15) is 5.26 Å².